The summed E-state index contributed by atoms with van der Waals surface area (Å²) in [5.41, 5.74) is 0.367. The highest BCUT2D eigenvalue weighted by molar-refractivity contribution is 7.89. The number of aromatic nitrogens is 3. The van der Waals surface area contributed by atoms with Gasteiger partial charge < -0.3 is 9.15 Å². The van der Waals surface area contributed by atoms with E-state index in [0.717, 1.165) is 31.0 Å². The van der Waals surface area contributed by atoms with Crippen molar-refractivity contribution in [3.63, 3.8) is 0 Å². The fraction of sp³-hybridized carbons (Fsp3) is 0.520. The highest BCUT2D eigenvalue weighted by Crippen LogP contribution is 2.42. The quantitative estimate of drug-likeness (QED) is 0.246. The predicted octanol–water partition coefficient (Wildman–Crippen LogP) is 5.97. The number of carbonyl (C=O) groups excluding carboxylic acids is 1. The van der Waals surface area contributed by atoms with E-state index in [-0.39, 0.29) is 28.1 Å². The lowest BCUT2D eigenvalue weighted by molar-refractivity contribution is -0.151. The molecule has 40 heavy (non-hydrogen) atoms. The Morgan fingerprint density at radius 3 is 2.58 bits per heavy atom. The number of hydrogen-bond acceptors (Lipinski definition) is 9. The van der Waals surface area contributed by atoms with Gasteiger partial charge in [-0.2, -0.15) is 17.9 Å². The number of halogens is 4. The van der Waals surface area contributed by atoms with Crippen LogP contribution in [0.4, 0.5) is 13.2 Å². The van der Waals surface area contributed by atoms with Gasteiger partial charge in [-0.15, -0.1) is 21.5 Å². The van der Waals surface area contributed by atoms with Crippen LogP contribution in [0.5, 0.6) is 0 Å². The number of benzene rings is 1. The maximum Gasteiger partial charge on any atom is 0.404 e. The number of carbonyl (C=O) groups is 1. The summed E-state index contributed by atoms with van der Waals surface area (Å²) in [6.07, 6.45) is -1.10. The largest absolute Gasteiger partial charge is 0.461 e. The summed E-state index contributed by atoms with van der Waals surface area (Å²) in [4.78, 5) is 15.8. The molecule has 1 aliphatic carbocycles. The monoisotopic (exact) mass is 620 g/mol. The van der Waals surface area contributed by atoms with Gasteiger partial charge in [-0.05, 0) is 44.7 Å². The fourth-order valence-corrected chi connectivity index (χ4v) is 6.97. The Labute approximate surface area is 238 Å². The normalized spacial score (nSPS) is 15.6. The molecular formula is C25H28ClF3N4O5S2. The zero-order valence-corrected chi connectivity index (χ0v) is 24.3. The summed E-state index contributed by atoms with van der Waals surface area (Å²) in [6.45, 7) is 5.01. The van der Waals surface area contributed by atoms with Gasteiger partial charge in [0.15, 0.2) is 5.01 Å². The molecule has 15 heteroatoms. The van der Waals surface area contributed by atoms with Gasteiger partial charge in [0, 0.05) is 5.56 Å². The molecule has 0 aliphatic heterocycles. The second kappa shape index (κ2) is 11.7. The third-order valence-corrected chi connectivity index (χ3v) is 9.50. The third-order valence-electron chi connectivity index (χ3n) is 6.59. The molecular weight excluding hydrogens is 593 g/mol. The van der Waals surface area contributed by atoms with Gasteiger partial charge in [0.1, 0.15) is 11.6 Å². The number of alkyl halides is 3. The standard InChI is InChI=1S/C25H28ClF3N4O5S2/c1-4-19(25(27,28)29)33-40(35,36)15-8-9-16(17(26)11-15)21-18(10-14-6-5-7-14)30-23(39-21)22-32-31-20(38-22)12-24(2,3)37-13-34/h8-9,11,13-14,19,33H,4-7,10,12H2,1-3H3/t19-/m0/s1. The van der Waals surface area contributed by atoms with Gasteiger partial charge in [0.2, 0.25) is 15.9 Å². The van der Waals surface area contributed by atoms with E-state index in [1.807, 2.05) is 0 Å². The number of rotatable bonds is 12. The van der Waals surface area contributed by atoms with E-state index in [4.69, 9.17) is 25.7 Å². The van der Waals surface area contributed by atoms with Crippen LogP contribution in [0, 0.1) is 5.92 Å². The van der Waals surface area contributed by atoms with Crippen LogP contribution in [-0.4, -0.2) is 47.9 Å². The number of nitrogens with one attached hydrogen (secondary N) is 1. The minimum Gasteiger partial charge on any atom is -0.461 e. The molecule has 3 aromatic rings. The minimum atomic E-state index is -4.73. The average molecular weight is 621 g/mol. The number of thiazole rings is 1. The molecule has 218 valence electrons. The van der Waals surface area contributed by atoms with Crippen LogP contribution in [0.15, 0.2) is 27.5 Å². The van der Waals surface area contributed by atoms with Crippen molar-refractivity contribution in [2.75, 3.05) is 0 Å². The Balaban J connectivity index is 1.66. The van der Waals surface area contributed by atoms with E-state index in [9.17, 15) is 26.4 Å². The van der Waals surface area contributed by atoms with Crippen molar-refractivity contribution in [3.8, 4) is 21.3 Å². The molecule has 0 radical (unpaired) electrons. The molecule has 1 aromatic carbocycles. The lowest BCUT2D eigenvalue weighted by Crippen LogP contribution is -2.44. The summed E-state index contributed by atoms with van der Waals surface area (Å²) < 4.78 is 77.5. The molecule has 0 amide bonds. The van der Waals surface area contributed by atoms with Crippen LogP contribution in [0.1, 0.15) is 58.0 Å². The Bertz CT molecular complexity index is 1470. The number of hydrogen-bond donors (Lipinski definition) is 1. The molecule has 2 aromatic heterocycles. The Morgan fingerprint density at radius 1 is 1.27 bits per heavy atom. The first kappa shape index (κ1) is 30.4. The van der Waals surface area contributed by atoms with E-state index in [2.05, 4.69) is 10.2 Å². The molecule has 1 fully saturated rings. The maximum absolute atomic E-state index is 13.2. The average Bonchev–Trinajstić information content (AvgIpc) is 3.45. The van der Waals surface area contributed by atoms with Crippen LogP contribution in [0.25, 0.3) is 21.3 Å². The first-order valence-electron chi connectivity index (χ1n) is 12.6. The zero-order chi connectivity index (χ0) is 29.3. The van der Waals surface area contributed by atoms with E-state index < -0.39 is 34.3 Å². The molecule has 1 N–H and O–H groups in total. The molecule has 0 saturated heterocycles. The van der Waals surface area contributed by atoms with Gasteiger partial charge >= 0.3 is 6.18 Å². The molecule has 4 rings (SSSR count). The van der Waals surface area contributed by atoms with Crippen molar-refractivity contribution < 1.29 is 35.5 Å². The SMILES string of the molecule is CC[C@H](NS(=O)(=O)c1ccc(-c2sc(-c3nnc(CC(C)(C)OC=O)o3)nc2CC2CCC2)c(Cl)c1)C(F)(F)F. The molecule has 0 bridgehead atoms. The van der Waals surface area contributed by atoms with Crippen LogP contribution in [-0.2, 0) is 32.4 Å². The zero-order valence-electron chi connectivity index (χ0n) is 21.9. The molecule has 1 atom stereocenters. The van der Waals surface area contributed by atoms with Crippen molar-refractivity contribution in [1.82, 2.24) is 19.9 Å². The lowest BCUT2D eigenvalue weighted by Gasteiger charge is -2.24. The first-order valence-corrected chi connectivity index (χ1v) is 15.2. The summed E-state index contributed by atoms with van der Waals surface area (Å²) in [7, 11) is -4.49. The highest BCUT2D eigenvalue weighted by atomic mass is 35.5. The third kappa shape index (κ3) is 7.01. The van der Waals surface area contributed by atoms with Crippen molar-refractivity contribution in [1.29, 1.82) is 0 Å². The van der Waals surface area contributed by atoms with Crippen molar-refractivity contribution >= 4 is 39.4 Å². The van der Waals surface area contributed by atoms with E-state index in [1.165, 1.54) is 30.4 Å². The second-order valence-corrected chi connectivity index (χ2v) is 13.3. The van der Waals surface area contributed by atoms with Crippen molar-refractivity contribution in [2.45, 2.75) is 82.0 Å². The van der Waals surface area contributed by atoms with Crippen LogP contribution >= 0.6 is 22.9 Å². The molecule has 9 nitrogen and oxygen atoms in total. The molecule has 1 aliphatic rings. The smallest absolute Gasteiger partial charge is 0.404 e. The number of nitrogens with zero attached hydrogens (tertiary/aromatic N) is 3. The number of sulfonamides is 1. The van der Waals surface area contributed by atoms with Crippen LogP contribution < -0.4 is 4.72 Å². The van der Waals surface area contributed by atoms with E-state index >= 15 is 0 Å². The Hall–Kier alpha value is -2.55. The van der Waals surface area contributed by atoms with E-state index in [0.29, 0.717) is 34.3 Å². The number of ether oxygens (including phenoxy) is 1. The van der Waals surface area contributed by atoms with Gasteiger partial charge in [0.25, 0.3) is 12.4 Å². The first-order chi connectivity index (χ1) is 18.7. The molecule has 0 spiro atoms. The predicted molar refractivity (Wildman–Crippen MR) is 142 cm³/mol. The Morgan fingerprint density at radius 2 is 2.00 bits per heavy atom. The van der Waals surface area contributed by atoms with Gasteiger partial charge in [0.05, 0.1) is 26.9 Å². The lowest BCUT2D eigenvalue weighted by atomic mass is 9.82. The van der Waals surface area contributed by atoms with Crippen LogP contribution in [0.3, 0.4) is 0 Å². The molecule has 2 heterocycles. The summed E-state index contributed by atoms with van der Waals surface area (Å²) in [5, 5.41) is 8.61. The topological polar surface area (TPSA) is 124 Å². The molecule has 0 unspecified atom stereocenters. The van der Waals surface area contributed by atoms with Gasteiger partial charge in [-0.1, -0.05) is 43.9 Å². The highest BCUT2D eigenvalue weighted by Gasteiger charge is 2.41. The summed E-state index contributed by atoms with van der Waals surface area (Å²) in [5.74, 6) is 0.855. The van der Waals surface area contributed by atoms with E-state index in [1.54, 1.807) is 18.6 Å². The van der Waals surface area contributed by atoms with Gasteiger partial charge in [-0.25, -0.2) is 13.4 Å². The minimum absolute atomic E-state index is 0.0481. The van der Waals surface area contributed by atoms with Crippen molar-refractivity contribution in [2.24, 2.45) is 5.92 Å². The van der Waals surface area contributed by atoms with Crippen molar-refractivity contribution in [3.05, 3.63) is 34.8 Å². The summed E-state index contributed by atoms with van der Waals surface area (Å²) >= 11 is 7.76. The van der Waals surface area contributed by atoms with Gasteiger partial charge in [-0.3, -0.25) is 4.79 Å². The fourth-order valence-electron chi connectivity index (χ4n) is 4.19. The molecule has 1 saturated carbocycles. The Kier molecular flexibility index (Phi) is 8.93. The van der Waals surface area contributed by atoms with Crippen LogP contribution in [0.2, 0.25) is 5.02 Å². The summed E-state index contributed by atoms with van der Waals surface area (Å²) in [6, 6.07) is 1.60. The maximum atomic E-state index is 13.2. The second-order valence-electron chi connectivity index (χ2n) is 10.2.